The highest BCUT2D eigenvalue weighted by Crippen LogP contribution is 2.16. The van der Waals surface area contributed by atoms with Crippen LogP contribution in [0.4, 0.5) is 5.95 Å². The number of hydrogen-bond donors (Lipinski definition) is 1. The first-order chi connectivity index (χ1) is 14.5. The quantitative estimate of drug-likeness (QED) is 0.490. The zero-order chi connectivity index (χ0) is 20.9. The van der Waals surface area contributed by atoms with Gasteiger partial charge in [-0.3, -0.25) is 10.1 Å². The summed E-state index contributed by atoms with van der Waals surface area (Å²) in [5.74, 6) is 0.484. The molecule has 30 heavy (non-hydrogen) atoms. The summed E-state index contributed by atoms with van der Waals surface area (Å²) in [6.45, 7) is 2.77. The predicted molar refractivity (Wildman–Crippen MR) is 113 cm³/mol. The maximum absolute atomic E-state index is 12.4. The first-order valence-corrected chi connectivity index (χ1v) is 9.61. The predicted octanol–water partition coefficient (Wildman–Crippen LogP) is 3.77. The van der Waals surface area contributed by atoms with Gasteiger partial charge in [0.1, 0.15) is 12.1 Å². The molecule has 1 amide bonds. The van der Waals surface area contributed by atoms with Gasteiger partial charge in [0.05, 0.1) is 6.54 Å². The number of nitrogens with one attached hydrogen (secondary N) is 1. The summed E-state index contributed by atoms with van der Waals surface area (Å²) < 4.78 is 8.80. The third-order valence-electron chi connectivity index (χ3n) is 4.24. The van der Waals surface area contributed by atoms with Gasteiger partial charge in [-0.25, -0.2) is 14.3 Å². The third kappa shape index (κ3) is 5.03. The van der Waals surface area contributed by atoms with Crippen LogP contribution in [0.2, 0.25) is 5.02 Å². The number of anilines is 1. The number of benzene rings is 2. The summed E-state index contributed by atoms with van der Waals surface area (Å²) >= 11 is 5.85. The van der Waals surface area contributed by atoms with E-state index in [1.807, 2.05) is 25.1 Å². The maximum atomic E-state index is 12.4. The molecule has 2 aromatic carbocycles. The minimum atomic E-state index is -0.395. The molecule has 0 bridgehead atoms. The van der Waals surface area contributed by atoms with Crippen LogP contribution in [0.15, 0.2) is 67.1 Å². The number of carbonyl (C=O) groups excluding carboxylic acids is 1. The van der Waals surface area contributed by atoms with Crippen LogP contribution in [0.5, 0.6) is 5.75 Å². The lowest BCUT2D eigenvalue weighted by Crippen LogP contribution is -2.15. The van der Waals surface area contributed by atoms with E-state index in [0.29, 0.717) is 17.3 Å². The number of carbonyl (C=O) groups is 1. The summed E-state index contributed by atoms with van der Waals surface area (Å²) in [6.07, 6.45) is 3.24. The maximum Gasteiger partial charge on any atom is 0.278 e. The summed E-state index contributed by atoms with van der Waals surface area (Å²) in [5, 5.41) is 11.8. The number of amides is 1. The normalized spacial score (nSPS) is 10.7. The second-order valence-electron chi connectivity index (χ2n) is 6.68. The molecule has 8 nitrogen and oxygen atoms in total. The molecule has 152 valence electrons. The lowest BCUT2D eigenvalue weighted by Gasteiger charge is -2.05. The number of aromatic nitrogens is 5. The number of halogens is 1. The largest absolute Gasteiger partial charge is 0.471 e. The molecule has 2 heterocycles. The standard InChI is InChI=1S/C21H19ClN6O2/c1-15-3-2-4-16(11-15)12-28-13-23-21(26-28)24-20(29)19-9-10-27(25-19)14-30-18-7-5-17(22)6-8-18/h2-11,13H,12,14H2,1H3,(H,24,26,29). The number of nitrogens with zero attached hydrogens (tertiary/aromatic N) is 5. The van der Waals surface area contributed by atoms with E-state index in [4.69, 9.17) is 16.3 Å². The number of ether oxygens (including phenoxy) is 1. The molecule has 9 heteroatoms. The van der Waals surface area contributed by atoms with Crippen molar-refractivity contribution in [1.82, 2.24) is 24.5 Å². The molecule has 0 saturated carbocycles. The highest BCUT2D eigenvalue weighted by atomic mass is 35.5. The number of rotatable bonds is 7. The molecule has 0 aliphatic heterocycles. The SMILES string of the molecule is Cc1cccc(Cn2cnc(NC(=O)c3ccn(COc4ccc(Cl)cc4)n3)n2)c1. The Morgan fingerprint density at radius 3 is 2.73 bits per heavy atom. The van der Waals surface area contributed by atoms with Crippen molar-refractivity contribution in [1.29, 1.82) is 0 Å². The third-order valence-corrected chi connectivity index (χ3v) is 4.49. The van der Waals surface area contributed by atoms with Crippen LogP contribution < -0.4 is 10.1 Å². The van der Waals surface area contributed by atoms with Crippen molar-refractivity contribution in [2.45, 2.75) is 20.2 Å². The van der Waals surface area contributed by atoms with Crippen molar-refractivity contribution in [2.24, 2.45) is 0 Å². The van der Waals surface area contributed by atoms with Gasteiger partial charge in [-0.15, -0.1) is 5.10 Å². The molecular formula is C21H19ClN6O2. The molecule has 0 saturated heterocycles. The molecule has 2 aromatic heterocycles. The lowest BCUT2D eigenvalue weighted by molar-refractivity contribution is 0.101. The zero-order valence-electron chi connectivity index (χ0n) is 16.2. The molecule has 0 unspecified atom stereocenters. The van der Waals surface area contributed by atoms with Gasteiger partial charge in [-0.1, -0.05) is 41.4 Å². The topological polar surface area (TPSA) is 86.9 Å². The van der Waals surface area contributed by atoms with Crippen LogP contribution in [-0.4, -0.2) is 30.5 Å². The van der Waals surface area contributed by atoms with Crippen LogP contribution in [0.3, 0.4) is 0 Å². The van der Waals surface area contributed by atoms with Crippen molar-refractivity contribution < 1.29 is 9.53 Å². The minimum absolute atomic E-state index is 0.165. The Bertz CT molecular complexity index is 1150. The van der Waals surface area contributed by atoms with Crippen LogP contribution in [-0.2, 0) is 13.3 Å². The van der Waals surface area contributed by atoms with Crippen molar-refractivity contribution >= 4 is 23.5 Å². The Morgan fingerprint density at radius 1 is 1.10 bits per heavy atom. The van der Waals surface area contributed by atoms with E-state index in [2.05, 4.69) is 26.6 Å². The molecule has 1 N–H and O–H groups in total. The summed E-state index contributed by atoms with van der Waals surface area (Å²) in [6, 6.07) is 16.7. The van der Waals surface area contributed by atoms with Crippen molar-refractivity contribution in [2.75, 3.05) is 5.32 Å². The number of aryl methyl sites for hydroxylation is 1. The molecule has 0 aliphatic carbocycles. The van der Waals surface area contributed by atoms with Crippen LogP contribution >= 0.6 is 11.6 Å². The first kappa shape index (κ1) is 19.7. The number of hydrogen-bond acceptors (Lipinski definition) is 5. The molecule has 4 rings (SSSR count). The Morgan fingerprint density at radius 2 is 1.93 bits per heavy atom. The summed E-state index contributed by atoms with van der Waals surface area (Å²) in [4.78, 5) is 16.6. The van der Waals surface area contributed by atoms with Gasteiger partial charge in [0, 0.05) is 11.2 Å². The highest BCUT2D eigenvalue weighted by molar-refractivity contribution is 6.30. The smallest absolute Gasteiger partial charge is 0.278 e. The first-order valence-electron chi connectivity index (χ1n) is 9.23. The molecule has 0 atom stereocenters. The van der Waals surface area contributed by atoms with Gasteiger partial charge in [0.2, 0.25) is 5.95 Å². The van der Waals surface area contributed by atoms with Gasteiger partial charge in [0.25, 0.3) is 5.91 Å². The van der Waals surface area contributed by atoms with E-state index in [0.717, 1.165) is 5.56 Å². The summed E-state index contributed by atoms with van der Waals surface area (Å²) in [5.41, 5.74) is 2.53. The monoisotopic (exact) mass is 422 g/mol. The average molecular weight is 423 g/mol. The van der Waals surface area contributed by atoms with E-state index >= 15 is 0 Å². The molecule has 0 fully saturated rings. The summed E-state index contributed by atoms with van der Waals surface area (Å²) in [7, 11) is 0. The molecule has 4 aromatic rings. The molecule has 0 radical (unpaired) electrons. The average Bonchev–Trinajstić information content (AvgIpc) is 3.37. The van der Waals surface area contributed by atoms with E-state index in [1.54, 1.807) is 47.5 Å². The Balaban J connectivity index is 1.33. The van der Waals surface area contributed by atoms with Gasteiger partial charge in [-0.2, -0.15) is 5.10 Å². The Labute approximate surface area is 178 Å². The lowest BCUT2D eigenvalue weighted by atomic mass is 10.1. The fourth-order valence-corrected chi connectivity index (χ4v) is 2.94. The molecule has 0 spiro atoms. The van der Waals surface area contributed by atoms with Crippen molar-refractivity contribution in [3.8, 4) is 5.75 Å². The fraction of sp³-hybridized carbons (Fsp3) is 0.143. The van der Waals surface area contributed by atoms with E-state index < -0.39 is 5.91 Å². The van der Waals surface area contributed by atoms with Gasteiger partial charge >= 0.3 is 0 Å². The fourth-order valence-electron chi connectivity index (χ4n) is 2.82. The highest BCUT2D eigenvalue weighted by Gasteiger charge is 2.12. The zero-order valence-corrected chi connectivity index (χ0v) is 17.0. The van der Waals surface area contributed by atoms with Crippen molar-refractivity contribution in [3.05, 3.63) is 89.0 Å². The van der Waals surface area contributed by atoms with Gasteiger partial charge < -0.3 is 4.74 Å². The van der Waals surface area contributed by atoms with E-state index in [1.165, 1.54) is 10.2 Å². The Hall–Kier alpha value is -3.65. The second kappa shape index (κ2) is 8.79. The second-order valence-corrected chi connectivity index (χ2v) is 7.11. The van der Waals surface area contributed by atoms with Gasteiger partial charge in [0.15, 0.2) is 12.4 Å². The molecule has 0 aliphatic rings. The van der Waals surface area contributed by atoms with Crippen LogP contribution in [0.1, 0.15) is 21.6 Å². The van der Waals surface area contributed by atoms with E-state index in [-0.39, 0.29) is 18.4 Å². The Kier molecular flexibility index (Phi) is 5.76. The van der Waals surface area contributed by atoms with Crippen LogP contribution in [0, 0.1) is 6.92 Å². The van der Waals surface area contributed by atoms with Gasteiger partial charge in [-0.05, 0) is 42.8 Å². The minimum Gasteiger partial charge on any atom is -0.471 e. The van der Waals surface area contributed by atoms with Crippen molar-refractivity contribution in [3.63, 3.8) is 0 Å². The molecular weight excluding hydrogens is 404 g/mol. The van der Waals surface area contributed by atoms with E-state index in [9.17, 15) is 4.79 Å². The van der Waals surface area contributed by atoms with Crippen LogP contribution in [0.25, 0.3) is 0 Å².